The molecule has 0 rings (SSSR count). The summed E-state index contributed by atoms with van der Waals surface area (Å²) in [4.78, 5) is 28.9. The Bertz CT molecular complexity index is 139. The molecule has 0 aliphatic rings. The Morgan fingerprint density at radius 3 is 1.83 bits per heavy atom. The fraction of sp³-hybridized carbons (Fsp3) is 1.00. The third kappa shape index (κ3) is 2.98. The van der Waals surface area contributed by atoms with Crippen molar-refractivity contribution in [2.24, 2.45) is 0 Å². The Balaban J connectivity index is 4.46. The molecule has 0 aromatic heterocycles. The summed E-state index contributed by atoms with van der Waals surface area (Å²) in [6.07, 6.45) is 2.26. The van der Waals surface area contributed by atoms with E-state index in [0.29, 0.717) is 12.8 Å². The molecule has 0 saturated heterocycles. The summed E-state index contributed by atoms with van der Waals surface area (Å²) in [5.41, 5.74) is -0.328. The zero-order valence-electron chi connectivity index (χ0n) is 8.19. The molecular formula is C8H21O3P. The minimum absolute atomic E-state index is 0.0735. The standard InChI is InChI=1S/C8H21O3P/c1-4-7-8(5-2)12(9,10,11)6-3/h8-11H,4-7H2,1-3H3. The molecular weight excluding hydrogens is 175 g/mol. The first-order valence-corrected chi connectivity index (χ1v) is 6.96. The minimum atomic E-state index is -4.29. The van der Waals surface area contributed by atoms with Crippen molar-refractivity contribution in [2.75, 3.05) is 6.16 Å². The van der Waals surface area contributed by atoms with Gasteiger partial charge in [-0.3, -0.25) is 0 Å². The Kier molecular flexibility index (Phi) is 4.12. The first kappa shape index (κ1) is 12.3. The van der Waals surface area contributed by atoms with Crippen LogP contribution in [0.2, 0.25) is 0 Å². The van der Waals surface area contributed by atoms with E-state index in [1.807, 2.05) is 13.8 Å². The second-order valence-electron chi connectivity index (χ2n) is 3.39. The monoisotopic (exact) mass is 196 g/mol. The first-order chi connectivity index (χ1) is 5.35. The van der Waals surface area contributed by atoms with Gasteiger partial charge >= 0.3 is 73.8 Å². The van der Waals surface area contributed by atoms with Crippen LogP contribution < -0.4 is 0 Å². The molecule has 1 atom stereocenters. The van der Waals surface area contributed by atoms with E-state index in [1.54, 1.807) is 6.92 Å². The van der Waals surface area contributed by atoms with Gasteiger partial charge in [0.05, 0.1) is 0 Å². The number of rotatable bonds is 5. The van der Waals surface area contributed by atoms with E-state index >= 15 is 0 Å². The van der Waals surface area contributed by atoms with E-state index in [1.165, 1.54) is 0 Å². The third-order valence-electron chi connectivity index (χ3n) is 2.45. The third-order valence-corrected chi connectivity index (χ3v) is 5.78. The molecule has 76 valence electrons. The van der Waals surface area contributed by atoms with E-state index < -0.39 is 7.28 Å². The summed E-state index contributed by atoms with van der Waals surface area (Å²) in [5.74, 6) is 0. The maximum atomic E-state index is 9.62. The van der Waals surface area contributed by atoms with Gasteiger partial charge in [-0.1, -0.05) is 0 Å². The molecule has 0 spiro atoms. The molecule has 0 aromatic rings. The van der Waals surface area contributed by atoms with E-state index in [-0.39, 0.29) is 11.8 Å². The average Bonchev–Trinajstić information content (AvgIpc) is 1.99. The van der Waals surface area contributed by atoms with E-state index in [4.69, 9.17) is 0 Å². The van der Waals surface area contributed by atoms with Gasteiger partial charge in [0.25, 0.3) is 0 Å². The van der Waals surface area contributed by atoms with Crippen LogP contribution in [0.3, 0.4) is 0 Å². The van der Waals surface area contributed by atoms with Crippen LogP contribution >= 0.6 is 7.28 Å². The summed E-state index contributed by atoms with van der Waals surface area (Å²) in [5, 5.41) is 0. The summed E-state index contributed by atoms with van der Waals surface area (Å²) in [6.45, 7) is 5.47. The quantitative estimate of drug-likeness (QED) is 0.588. The second-order valence-corrected chi connectivity index (χ2v) is 7.19. The van der Waals surface area contributed by atoms with Crippen LogP contribution in [0.15, 0.2) is 0 Å². The predicted molar refractivity (Wildman–Crippen MR) is 53.1 cm³/mol. The Labute approximate surface area is 74.6 Å². The van der Waals surface area contributed by atoms with Gasteiger partial charge in [-0.15, -0.1) is 0 Å². The molecule has 0 saturated carbocycles. The molecule has 0 bridgehead atoms. The van der Waals surface area contributed by atoms with Crippen molar-refractivity contribution >= 4 is 7.28 Å². The van der Waals surface area contributed by atoms with E-state index in [2.05, 4.69) is 0 Å². The average molecular weight is 196 g/mol. The fourth-order valence-corrected chi connectivity index (χ4v) is 3.49. The molecule has 1 unspecified atom stereocenters. The molecule has 0 heterocycles. The van der Waals surface area contributed by atoms with Gasteiger partial charge in [0.15, 0.2) is 0 Å². The van der Waals surface area contributed by atoms with Crippen LogP contribution in [0.25, 0.3) is 0 Å². The van der Waals surface area contributed by atoms with Gasteiger partial charge in [-0.05, 0) is 0 Å². The normalized spacial score (nSPS) is 18.3. The zero-order chi connectivity index (χ0) is 9.85. The predicted octanol–water partition coefficient (Wildman–Crippen LogP) is 1.86. The molecule has 3 nitrogen and oxygen atoms in total. The van der Waals surface area contributed by atoms with Crippen LogP contribution in [-0.4, -0.2) is 26.5 Å². The Morgan fingerprint density at radius 1 is 1.08 bits per heavy atom. The van der Waals surface area contributed by atoms with Crippen molar-refractivity contribution in [3.8, 4) is 0 Å². The van der Waals surface area contributed by atoms with Gasteiger partial charge in [0, 0.05) is 0 Å². The van der Waals surface area contributed by atoms with Crippen molar-refractivity contribution in [3.63, 3.8) is 0 Å². The zero-order valence-corrected chi connectivity index (χ0v) is 9.09. The molecule has 0 amide bonds. The molecule has 0 radical (unpaired) electrons. The Hall–Kier alpha value is 0.310. The molecule has 12 heavy (non-hydrogen) atoms. The van der Waals surface area contributed by atoms with Crippen molar-refractivity contribution in [3.05, 3.63) is 0 Å². The second kappa shape index (κ2) is 4.01. The van der Waals surface area contributed by atoms with Crippen LogP contribution in [0.4, 0.5) is 0 Å². The number of hydrogen-bond acceptors (Lipinski definition) is 3. The fourth-order valence-electron chi connectivity index (χ4n) is 1.43. The van der Waals surface area contributed by atoms with Gasteiger partial charge in [0.2, 0.25) is 0 Å². The maximum absolute atomic E-state index is 9.62. The molecule has 3 N–H and O–H groups in total. The summed E-state index contributed by atoms with van der Waals surface area (Å²) in [7, 11) is -4.29. The SMILES string of the molecule is CCCC(CC)P(O)(O)(O)CC. The van der Waals surface area contributed by atoms with Crippen LogP contribution in [0.1, 0.15) is 40.0 Å². The van der Waals surface area contributed by atoms with E-state index in [0.717, 1.165) is 6.42 Å². The van der Waals surface area contributed by atoms with Crippen LogP contribution in [-0.2, 0) is 0 Å². The van der Waals surface area contributed by atoms with Crippen molar-refractivity contribution in [1.29, 1.82) is 0 Å². The van der Waals surface area contributed by atoms with Gasteiger partial charge < -0.3 is 0 Å². The molecule has 0 aromatic carbocycles. The van der Waals surface area contributed by atoms with Crippen molar-refractivity contribution in [1.82, 2.24) is 0 Å². The van der Waals surface area contributed by atoms with Crippen molar-refractivity contribution < 1.29 is 14.7 Å². The van der Waals surface area contributed by atoms with Gasteiger partial charge in [0.1, 0.15) is 0 Å². The van der Waals surface area contributed by atoms with Crippen LogP contribution in [0.5, 0.6) is 0 Å². The summed E-state index contributed by atoms with van der Waals surface area (Å²) in [6, 6.07) is 0. The number of hydrogen-bond donors (Lipinski definition) is 3. The topological polar surface area (TPSA) is 60.7 Å². The molecule has 4 heteroatoms. The first-order valence-electron chi connectivity index (χ1n) is 4.61. The van der Waals surface area contributed by atoms with Gasteiger partial charge in [-0.25, -0.2) is 0 Å². The van der Waals surface area contributed by atoms with Crippen molar-refractivity contribution in [2.45, 2.75) is 45.7 Å². The van der Waals surface area contributed by atoms with Crippen LogP contribution in [0, 0.1) is 0 Å². The van der Waals surface area contributed by atoms with E-state index in [9.17, 15) is 14.7 Å². The molecule has 0 aliphatic heterocycles. The summed E-state index contributed by atoms with van der Waals surface area (Å²) >= 11 is 0. The summed E-state index contributed by atoms with van der Waals surface area (Å²) < 4.78 is 0. The Morgan fingerprint density at radius 2 is 1.58 bits per heavy atom. The molecule has 0 aliphatic carbocycles. The molecule has 0 fully saturated rings. The van der Waals surface area contributed by atoms with Gasteiger partial charge in [-0.2, -0.15) is 0 Å².